The summed E-state index contributed by atoms with van der Waals surface area (Å²) in [5.41, 5.74) is 3.05. The fourth-order valence-corrected chi connectivity index (χ4v) is 3.98. The summed E-state index contributed by atoms with van der Waals surface area (Å²) in [6.07, 6.45) is 0.587. The van der Waals surface area contributed by atoms with Gasteiger partial charge in [-0.3, -0.25) is 9.69 Å². The number of hydrogen-bond acceptors (Lipinski definition) is 4. The minimum absolute atomic E-state index is 0.0950. The zero-order chi connectivity index (χ0) is 18.8. The number of hydrogen-bond donors (Lipinski definition) is 1. The predicted molar refractivity (Wildman–Crippen MR) is 105 cm³/mol. The van der Waals surface area contributed by atoms with E-state index in [4.69, 9.17) is 9.47 Å². The molecule has 0 aliphatic carbocycles. The number of nitrogens with zero attached hydrogens (tertiary/aromatic N) is 1. The summed E-state index contributed by atoms with van der Waals surface area (Å²) in [4.78, 5) is 15.1. The van der Waals surface area contributed by atoms with Gasteiger partial charge < -0.3 is 14.8 Å². The molecule has 1 fully saturated rings. The Hall–Kier alpha value is -2.37. The van der Waals surface area contributed by atoms with Gasteiger partial charge in [0, 0.05) is 31.7 Å². The first-order valence-electron chi connectivity index (χ1n) is 9.59. The highest BCUT2D eigenvalue weighted by atomic mass is 16.5. The molecule has 2 aromatic carbocycles. The first-order valence-corrected chi connectivity index (χ1v) is 9.59. The van der Waals surface area contributed by atoms with E-state index >= 15 is 0 Å². The molecule has 2 heterocycles. The van der Waals surface area contributed by atoms with Gasteiger partial charge in [0.2, 0.25) is 0 Å². The van der Waals surface area contributed by atoms with Crippen LogP contribution < -0.4 is 10.1 Å². The van der Waals surface area contributed by atoms with Crippen LogP contribution in [0, 0.1) is 0 Å². The molecule has 2 aliphatic heterocycles. The third-order valence-electron chi connectivity index (χ3n) is 5.10. The van der Waals surface area contributed by atoms with Gasteiger partial charge in [-0.05, 0) is 37.1 Å². The van der Waals surface area contributed by atoms with E-state index in [0.717, 1.165) is 42.2 Å². The summed E-state index contributed by atoms with van der Waals surface area (Å²) in [6.45, 7) is 6.79. The average molecular weight is 366 g/mol. The molecule has 0 radical (unpaired) electrons. The van der Waals surface area contributed by atoms with Crippen LogP contribution in [0.3, 0.4) is 0 Å². The number of amides is 1. The Morgan fingerprint density at radius 2 is 1.78 bits per heavy atom. The van der Waals surface area contributed by atoms with Gasteiger partial charge in [0.05, 0.1) is 12.2 Å². The summed E-state index contributed by atoms with van der Waals surface area (Å²) >= 11 is 0. The van der Waals surface area contributed by atoms with Crippen LogP contribution in [0.2, 0.25) is 0 Å². The maximum atomic E-state index is 12.8. The van der Waals surface area contributed by atoms with E-state index < -0.39 is 6.10 Å². The van der Waals surface area contributed by atoms with Crippen LogP contribution in [0.5, 0.6) is 5.75 Å². The summed E-state index contributed by atoms with van der Waals surface area (Å²) < 4.78 is 11.6. The number of carbonyl (C=O) groups excluding carboxylic acids is 1. The molecule has 2 aromatic rings. The highest BCUT2D eigenvalue weighted by molar-refractivity contribution is 5.95. The van der Waals surface area contributed by atoms with Crippen molar-refractivity contribution in [2.24, 2.45) is 0 Å². The zero-order valence-electron chi connectivity index (χ0n) is 15.9. The lowest BCUT2D eigenvalue weighted by atomic mass is 10.1. The molecule has 4 rings (SSSR count). The molecule has 1 amide bonds. The van der Waals surface area contributed by atoms with Crippen LogP contribution >= 0.6 is 0 Å². The third-order valence-corrected chi connectivity index (χ3v) is 5.10. The number of nitrogens with one attached hydrogen (secondary N) is 1. The molecule has 27 heavy (non-hydrogen) atoms. The van der Waals surface area contributed by atoms with E-state index in [-0.39, 0.29) is 18.1 Å². The highest BCUT2D eigenvalue weighted by Crippen LogP contribution is 2.29. The molecule has 5 nitrogen and oxygen atoms in total. The van der Waals surface area contributed by atoms with E-state index in [1.165, 1.54) is 0 Å². The minimum atomic E-state index is -0.473. The van der Waals surface area contributed by atoms with Crippen molar-refractivity contribution in [1.82, 2.24) is 4.90 Å². The summed E-state index contributed by atoms with van der Waals surface area (Å²) in [5, 5.41) is 3.08. The SMILES string of the molecule is CC1CN(Cc2ccccc2NC(=O)C2Cc3ccccc3O2)CC(C)O1. The van der Waals surface area contributed by atoms with Gasteiger partial charge in [0.15, 0.2) is 6.10 Å². The van der Waals surface area contributed by atoms with Crippen molar-refractivity contribution >= 4 is 11.6 Å². The van der Waals surface area contributed by atoms with Crippen molar-refractivity contribution in [3.05, 3.63) is 59.7 Å². The normalized spacial score (nSPS) is 24.9. The molecule has 3 unspecified atom stereocenters. The van der Waals surface area contributed by atoms with Gasteiger partial charge in [-0.2, -0.15) is 0 Å². The fraction of sp³-hybridized carbons (Fsp3) is 0.409. The zero-order valence-corrected chi connectivity index (χ0v) is 15.9. The molecule has 2 aliphatic rings. The predicted octanol–water partition coefficient (Wildman–Crippen LogP) is 3.24. The van der Waals surface area contributed by atoms with Gasteiger partial charge in [-0.25, -0.2) is 0 Å². The quantitative estimate of drug-likeness (QED) is 0.903. The van der Waals surface area contributed by atoms with E-state index in [2.05, 4.69) is 30.1 Å². The fourth-order valence-electron chi connectivity index (χ4n) is 3.98. The molecule has 1 saturated heterocycles. The summed E-state index contributed by atoms with van der Waals surface area (Å²) in [6, 6.07) is 15.8. The average Bonchev–Trinajstić information content (AvgIpc) is 3.07. The summed E-state index contributed by atoms with van der Waals surface area (Å²) in [5.74, 6) is 0.713. The molecule has 142 valence electrons. The van der Waals surface area contributed by atoms with Crippen molar-refractivity contribution in [3.8, 4) is 5.75 Å². The van der Waals surface area contributed by atoms with Gasteiger partial charge in [-0.1, -0.05) is 36.4 Å². The molecule has 0 bridgehead atoms. The first-order chi connectivity index (χ1) is 13.1. The Labute approximate surface area is 160 Å². The number of fused-ring (bicyclic) bond motifs is 1. The van der Waals surface area contributed by atoms with Crippen LogP contribution in [0.4, 0.5) is 5.69 Å². The number of benzene rings is 2. The van der Waals surface area contributed by atoms with Crippen molar-refractivity contribution in [2.75, 3.05) is 18.4 Å². The Morgan fingerprint density at radius 3 is 2.56 bits per heavy atom. The number of carbonyl (C=O) groups is 1. The molecular formula is C22H26N2O3. The van der Waals surface area contributed by atoms with Crippen molar-refractivity contribution < 1.29 is 14.3 Å². The molecule has 3 atom stereocenters. The Bertz CT molecular complexity index is 788. The van der Waals surface area contributed by atoms with Crippen molar-refractivity contribution in [1.29, 1.82) is 0 Å². The number of para-hydroxylation sites is 2. The maximum absolute atomic E-state index is 12.8. The lowest BCUT2D eigenvalue weighted by molar-refractivity contribution is -0.122. The van der Waals surface area contributed by atoms with E-state index in [1.807, 2.05) is 42.5 Å². The highest BCUT2D eigenvalue weighted by Gasteiger charge is 2.29. The second-order valence-electron chi connectivity index (χ2n) is 7.52. The molecule has 0 aromatic heterocycles. The largest absolute Gasteiger partial charge is 0.480 e. The second-order valence-corrected chi connectivity index (χ2v) is 7.52. The van der Waals surface area contributed by atoms with E-state index in [0.29, 0.717) is 6.42 Å². The van der Waals surface area contributed by atoms with Crippen molar-refractivity contribution in [3.63, 3.8) is 0 Å². The van der Waals surface area contributed by atoms with Crippen LogP contribution in [0.1, 0.15) is 25.0 Å². The molecule has 5 heteroatoms. The Kier molecular flexibility index (Phi) is 5.14. The Morgan fingerprint density at radius 1 is 1.07 bits per heavy atom. The lowest BCUT2D eigenvalue weighted by Crippen LogP contribution is -2.45. The second kappa shape index (κ2) is 7.71. The number of anilines is 1. The van der Waals surface area contributed by atoms with Crippen LogP contribution in [-0.2, 0) is 22.5 Å². The number of ether oxygens (including phenoxy) is 2. The molecule has 0 saturated carbocycles. The van der Waals surface area contributed by atoms with Gasteiger partial charge in [-0.15, -0.1) is 0 Å². The van der Waals surface area contributed by atoms with E-state index in [9.17, 15) is 4.79 Å². The standard InChI is InChI=1S/C22H26N2O3/c1-15-12-24(13-16(2)26-15)14-18-8-3-5-9-19(18)23-22(25)21-11-17-7-4-6-10-20(17)27-21/h3-10,15-16,21H,11-14H2,1-2H3,(H,23,25). The third kappa shape index (κ3) is 4.15. The summed E-state index contributed by atoms with van der Waals surface area (Å²) in [7, 11) is 0. The first kappa shape index (κ1) is 18.0. The van der Waals surface area contributed by atoms with E-state index in [1.54, 1.807) is 0 Å². The molecule has 1 N–H and O–H groups in total. The lowest BCUT2D eigenvalue weighted by Gasteiger charge is -2.35. The monoisotopic (exact) mass is 366 g/mol. The van der Waals surface area contributed by atoms with Crippen LogP contribution in [0.25, 0.3) is 0 Å². The Balaban J connectivity index is 1.43. The van der Waals surface area contributed by atoms with Crippen LogP contribution in [-0.4, -0.2) is 42.2 Å². The maximum Gasteiger partial charge on any atom is 0.265 e. The molecule has 0 spiro atoms. The number of rotatable bonds is 4. The van der Waals surface area contributed by atoms with Crippen molar-refractivity contribution in [2.45, 2.75) is 45.1 Å². The number of morpholine rings is 1. The minimum Gasteiger partial charge on any atom is -0.480 e. The van der Waals surface area contributed by atoms with Gasteiger partial charge in [0.1, 0.15) is 5.75 Å². The smallest absolute Gasteiger partial charge is 0.265 e. The van der Waals surface area contributed by atoms with Gasteiger partial charge in [0.25, 0.3) is 5.91 Å². The van der Waals surface area contributed by atoms with Gasteiger partial charge >= 0.3 is 0 Å². The van der Waals surface area contributed by atoms with Crippen LogP contribution in [0.15, 0.2) is 48.5 Å². The topological polar surface area (TPSA) is 50.8 Å². The molecular weight excluding hydrogens is 340 g/mol.